The summed E-state index contributed by atoms with van der Waals surface area (Å²) in [6.07, 6.45) is 0. The summed E-state index contributed by atoms with van der Waals surface area (Å²) in [4.78, 5) is 0. The van der Waals surface area contributed by atoms with Gasteiger partial charge in [-0.3, -0.25) is 0 Å². The van der Waals surface area contributed by atoms with E-state index in [0.717, 1.165) is 11.0 Å². The molecule has 0 spiro atoms. The van der Waals surface area contributed by atoms with Crippen molar-refractivity contribution >= 4 is 28.3 Å². The molecule has 4 heteroatoms. The second kappa shape index (κ2) is 6.48. The van der Waals surface area contributed by atoms with Gasteiger partial charge in [-0.05, 0) is 31.5 Å². The van der Waals surface area contributed by atoms with E-state index in [0.29, 0.717) is 0 Å². The number of hydrogen-bond donors (Lipinski definition) is 2. The van der Waals surface area contributed by atoms with E-state index in [1.54, 1.807) is 0 Å². The largest absolute Gasteiger partial charge is 0.394 e. The van der Waals surface area contributed by atoms with Crippen LogP contribution in [0.25, 0.3) is 0 Å². The molecular weight excluding hydrogens is 277 g/mol. The summed E-state index contributed by atoms with van der Waals surface area (Å²) in [6.45, 7) is 4.88. The second-order valence-corrected chi connectivity index (χ2v) is 4.94. The lowest BCUT2D eigenvalue weighted by atomic mass is 10.1. The van der Waals surface area contributed by atoms with Gasteiger partial charge in [0.2, 0.25) is 0 Å². The number of benzene rings is 1. The monoisotopic (exact) mass is 293 g/mol. The van der Waals surface area contributed by atoms with Gasteiger partial charge < -0.3 is 10.4 Å². The molecule has 0 saturated heterocycles. The van der Waals surface area contributed by atoms with Crippen LogP contribution >= 0.6 is 28.3 Å². The molecule has 0 aliphatic rings. The van der Waals surface area contributed by atoms with E-state index in [-0.39, 0.29) is 24.6 Å². The van der Waals surface area contributed by atoms with Crippen LogP contribution in [0.5, 0.6) is 0 Å². The highest BCUT2D eigenvalue weighted by molar-refractivity contribution is 9.10. The third-order valence-corrected chi connectivity index (χ3v) is 2.61. The average Bonchev–Trinajstić information content (AvgIpc) is 2.17. The molecule has 86 valence electrons. The van der Waals surface area contributed by atoms with Crippen molar-refractivity contribution in [3.05, 3.63) is 34.3 Å². The Bertz CT molecular complexity index is 287. The van der Waals surface area contributed by atoms with Gasteiger partial charge >= 0.3 is 0 Å². The first-order chi connectivity index (χ1) is 6.53. The molecule has 2 N–H and O–H groups in total. The molecule has 1 aromatic rings. The summed E-state index contributed by atoms with van der Waals surface area (Å²) in [5, 5.41) is 12.3. The Morgan fingerprint density at radius 3 is 2.27 bits per heavy atom. The Hall–Kier alpha value is -0.0900. The maximum atomic E-state index is 9.05. The zero-order valence-corrected chi connectivity index (χ0v) is 11.4. The Labute approximate surface area is 106 Å². The average molecular weight is 295 g/mol. The zero-order chi connectivity index (χ0) is 10.6. The molecule has 0 heterocycles. The molecule has 0 amide bonds. The van der Waals surface area contributed by atoms with Gasteiger partial charge in [0.15, 0.2) is 0 Å². The van der Waals surface area contributed by atoms with Gasteiger partial charge in [-0.25, -0.2) is 0 Å². The van der Waals surface area contributed by atoms with Crippen molar-refractivity contribution in [3.63, 3.8) is 0 Å². The van der Waals surface area contributed by atoms with Gasteiger partial charge in [-0.1, -0.05) is 28.1 Å². The van der Waals surface area contributed by atoms with E-state index >= 15 is 0 Å². The van der Waals surface area contributed by atoms with Crippen LogP contribution in [0, 0.1) is 0 Å². The smallest absolute Gasteiger partial charge is 0.0607 e. The Morgan fingerprint density at radius 2 is 1.80 bits per heavy atom. The summed E-state index contributed by atoms with van der Waals surface area (Å²) in [5.41, 5.74) is 1.00. The van der Waals surface area contributed by atoms with Crippen molar-refractivity contribution < 1.29 is 5.11 Å². The van der Waals surface area contributed by atoms with Gasteiger partial charge in [-0.15, -0.1) is 12.4 Å². The first-order valence-electron chi connectivity index (χ1n) is 4.64. The summed E-state index contributed by atoms with van der Waals surface area (Å²) >= 11 is 3.39. The van der Waals surface area contributed by atoms with Crippen LogP contribution in [0.3, 0.4) is 0 Å². The zero-order valence-electron chi connectivity index (χ0n) is 8.96. The SMILES string of the molecule is CC(C)(CO)NCc1ccc(Br)cc1.Cl. The molecule has 0 aromatic heterocycles. The molecule has 1 aromatic carbocycles. The third kappa shape index (κ3) is 5.52. The predicted molar refractivity (Wildman–Crippen MR) is 69.4 cm³/mol. The predicted octanol–water partition coefficient (Wildman–Crippen LogP) is 2.73. The standard InChI is InChI=1S/C11H16BrNO.ClH/c1-11(2,8-14)13-7-9-3-5-10(12)6-4-9;/h3-6,13-14H,7-8H2,1-2H3;1H. The van der Waals surface area contributed by atoms with E-state index in [2.05, 4.69) is 33.4 Å². The van der Waals surface area contributed by atoms with Crippen LogP contribution in [0.1, 0.15) is 19.4 Å². The van der Waals surface area contributed by atoms with Crippen LogP contribution in [0.2, 0.25) is 0 Å². The fourth-order valence-electron chi connectivity index (χ4n) is 0.999. The lowest BCUT2D eigenvalue weighted by Crippen LogP contribution is -2.42. The van der Waals surface area contributed by atoms with Crippen LogP contribution in [-0.4, -0.2) is 17.3 Å². The number of nitrogens with one attached hydrogen (secondary N) is 1. The van der Waals surface area contributed by atoms with E-state index < -0.39 is 0 Å². The molecule has 0 saturated carbocycles. The van der Waals surface area contributed by atoms with Crippen molar-refractivity contribution in [2.45, 2.75) is 25.9 Å². The molecule has 2 nitrogen and oxygen atoms in total. The maximum absolute atomic E-state index is 9.05. The van der Waals surface area contributed by atoms with Gasteiger partial charge in [-0.2, -0.15) is 0 Å². The summed E-state index contributed by atoms with van der Waals surface area (Å²) in [6, 6.07) is 8.15. The second-order valence-electron chi connectivity index (χ2n) is 4.02. The molecule has 0 aliphatic carbocycles. The first kappa shape index (κ1) is 14.9. The van der Waals surface area contributed by atoms with E-state index in [1.807, 2.05) is 26.0 Å². The lowest BCUT2D eigenvalue weighted by Gasteiger charge is -2.23. The molecule has 0 atom stereocenters. The Kier molecular flexibility index (Phi) is 6.44. The van der Waals surface area contributed by atoms with Crippen molar-refractivity contribution in [1.29, 1.82) is 0 Å². The van der Waals surface area contributed by atoms with Crippen LogP contribution < -0.4 is 5.32 Å². The quantitative estimate of drug-likeness (QED) is 0.895. The minimum Gasteiger partial charge on any atom is -0.394 e. The minimum absolute atomic E-state index is 0. The van der Waals surface area contributed by atoms with Gasteiger partial charge in [0.1, 0.15) is 0 Å². The van der Waals surface area contributed by atoms with Gasteiger partial charge in [0, 0.05) is 16.6 Å². The molecule has 1 rings (SSSR count). The van der Waals surface area contributed by atoms with Crippen LogP contribution in [0.4, 0.5) is 0 Å². The first-order valence-corrected chi connectivity index (χ1v) is 5.43. The molecule has 0 radical (unpaired) electrons. The van der Waals surface area contributed by atoms with E-state index in [1.165, 1.54) is 5.56 Å². The molecule has 0 unspecified atom stereocenters. The van der Waals surface area contributed by atoms with Crippen molar-refractivity contribution in [2.75, 3.05) is 6.61 Å². The Balaban J connectivity index is 0.00000196. The van der Waals surface area contributed by atoms with Crippen molar-refractivity contribution in [3.8, 4) is 0 Å². The number of aliphatic hydroxyl groups is 1. The van der Waals surface area contributed by atoms with E-state index in [4.69, 9.17) is 5.11 Å². The topological polar surface area (TPSA) is 32.3 Å². The van der Waals surface area contributed by atoms with E-state index in [9.17, 15) is 0 Å². The van der Waals surface area contributed by atoms with Crippen molar-refractivity contribution in [2.24, 2.45) is 0 Å². The normalized spacial score (nSPS) is 10.9. The lowest BCUT2D eigenvalue weighted by molar-refractivity contribution is 0.187. The summed E-state index contributed by atoms with van der Waals surface area (Å²) in [5.74, 6) is 0. The molecule has 15 heavy (non-hydrogen) atoms. The maximum Gasteiger partial charge on any atom is 0.0607 e. The minimum atomic E-state index is -0.215. The van der Waals surface area contributed by atoms with Crippen molar-refractivity contribution in [1.82, 2.24) is 5.32 Å². The summed E-state index contributed by atoms with van der Waals surface area (Å²) < 4.78 is 1.09. The highest BCUT2D eigenvalue weighted by atomic mass is 79.9. The molecular formula is C11H17BrClNO. The fourth-order valence-corrected chi connectivity index (χ4v) is 1.26. The summed E-state index contributed by atoms with van der Waals surface area (Å²) in [7, 11) is 0. The third-order valence-electron chi connectivity index (χ3n) is 2.08. The number of halogens is 2. The molecule has 0 aliphatic heterocycles. The number of hydrogen-bond acceptors (Lipinski definition) is 2. The Morgan fingerprint density at radius 1 is 1.27 bits per heavy atom. The van der Waals surface area contributed by atoms with Crippen LogP contribution in [-0.2, 0) is 6.54 Å². The van der Waals surface area contributed by atoms with Gasteiger partial charge in [0.25, 0.3) is 0 Å². The van der Waals surface area contributed by atoms with Gasteiger partial charge in [0.05, 0.1) is 6.61 Å². The number of aliphatic hydroxyl groups excluding tert-OH is 1. The highest BCUT2D eigenvalue weighted by Gasteiger charge is 2.14. The van der Waals surface area contributed by atoms with Crippen LogP contribution in [0.15, 0.2) is 28.7 Å². The fraction of sp³-hybridized carbons (Fsp3) is 0.455. The highest BCUT2D eigenvalue weighted by Crippen LogP contribution is 2.11. The molecule has 0 fully saturated rings. The number of rotatable bonds is 4. The molecule has 0 bridgehead atoms.